The Morgan fingerprint density at radius 1 is 1.53 bits per heavy atom. The van der Waals surface area contributed by atoms with E-state index in [1.165, 1.54) is 4.31 Å². The molecule has 1 rings (SSSR count). The molecule has 0 unspecified atom stereocenters. The average Bonchev–Trinajstić information content (AvgIpc) is 2.54. The number of hydrogen-bond acceptors (Lipinski definition) is 6. The van der Waals surface area contributed by atoms with E-state index >= 15 is 0 Å². The van der Waals surface area contributed by atoms with Gasteiger partial charge < -0.3 is 10.8 Å². The summed E-state index contributed by atoms with van der Waals surface area (Å²) in [7, 11) is -3.62. The van der Waals surface area contributed by atoms with E-state index in [1.807, 2.05) is 0 Å². The maximum Gasteiger partial charge on any atom is 0.254 e. The molecule has 0 saturated heterocycles. The Hall–Kier alpha value is -0.700. The number of rotatable bonds is 5. The molecule has 1 heterocycles. The van der Waals surface area contributed by atoms with Crippen LogP contribution in [0.25, 0.3) is 0 Å². The largest absolute Gasteiger partial charge is 0.395 e. The minimum Gasteiger partial charge on any atom is -0.395 e. The van der Waals surface area contributed by atoms with Gasteiger partial charge >= 0.3 is 0 Å². The summed E-state index contributed by atoms with van der Waals surface area (Å²) in [5.41, 5.74) is 5.90. The Bertz CT molecular complexity index is 482. The molecule has 0 saturated carbocycles. The fourth-order valence-electron chi connectivity index (χ4n) is 1.50. The molecule has 98 valence electrons. The Balaban J connectivity index is 3.21. The molecule has 0 aliphatic rings. The van der Waals surface area contributed by atoms with Crippen LogP contribution in [0.4, 0.5) is 5.13 Å². The summed E-state index contributed by atoms with van der Waals surface area (Å²) < 4.78 is 26.0. The van der Waals surface area contributed by atoms with Crippen LogP contribution in [-0.4, -0.2) is 42.0 Å². The van der Waals surface area contributed by atoms with Gasteiger partial charge in [-0.3, -0.25) is 0 Å². The van der Waals surface area contributed by atoms with Crippen LogP contribution in [0.3, 0.4) is 0 Å². The number of sulfonamides is 1. The van der Waals surface area contributed by atoms with Gasteiger partial charge in [0.1, 0.15) is 0 Å². The van der Waals surface area contributed by atoms with Crippen molar-refractivity contribution in [1.82, 2.24) is 9.29 Å². The second kappa shape index (κ2) is 5.30. The molecular formula is C9H17N3O3S2. The second-order valence-electron chi connectivity index (χ2n) is 3.86. The van der Waals surface area contributed by atoms with Crippen molar-refractivity contribution in [3.8, 4) is 0 Å². The highest BCUT2D eigenvalue weighted by atomic mass is 32.2. The number of aliphatic hydroxyl groups excluding tert-OH is 1. The maximum absolute atomic E-state index is 12.3. The summed E-state index contributed by atoms with van der Waals surface area (Å²) in [6.07, 6.45) is 0. The Morgan fingerprint density at radius 3 is 2.47 bits per heavy atom. The maximum atomic E-state index is 12.3. The molecule has 0 amide bonds. The molecule has 0 aromatic carbocycles. The topological polar surface area (TPSA) is 96.5 Å². The van der Waals surface area contributed by atoms with Crippen molar-refractivity contribution < 1.29 is 13.5 Å². The van der Waals surface area contributed by atoms with Gasteiger partial charge in [-0.25, -0.2) is 13.4 Å². The number of nitrogen functional groups attached to an aromatic ring is 1. The van der Waals surface area contributed by atoms with Crippen molar-refractivity contribution in [2.24, 2.45) is 0 Å². The summed E-state index contributed by atoms with van der Waals surface area (Å²) in [5.74, 6) is 0. The minimum atomic E-state index is -3.62. The lowest BCUT2D eigenvalue weighted by Gasteiger charge is -2.24. The zero-order valence-corrected chi connectivity index (χ0v) is 11.7. The van der Waals surface area contributed by atoms with Crippen LogP contribution in [0.1, 0.15) is 19.5 Å². The quantitative estimate of drug-likeness (QED) is 0.814. The normalized spacial score (nSPS) is 12.6. The third-order valence-corrected chi connectivity index (χ3v) is 5.86. The van der Waals surface area contributed by atoms with E-state index in [9.17, 15) is 8.42 Å². The average molecular weight is 279 g/mol. The predicted octanol–water partition coefficient (Wildman–Crippen LogP) is 0.425. The fraction of sp³-hybridized carbons (Fsp3) is 0.667. The molecule has 0 aliphatic heterocycles. The minimum absolute atomic E-state index is 0.0667. The zero-order chi connectivity index (χ0) is 13.2. The molecule has 0 fully saturated rings. The number of nitrogens with two attached hydrogens (primary N) is 1. The summed E-state index contributed by atoms with van der Waals surface area (Å²) in [5, 5.41) is 9.16. The van der Waals surface area contributed by atoms with Crippen molar-refractivity contribution in [2.45, 2.75) is 31.0 Å². The van der Waals surface area contributed by atoms with Gasteiger partial charge in [0.15, 0.2) is 9.34 Å². The first kappa shape index (κ1) is 14.4. The van der Waals surface area contributed by atoms with E-state index in [0.29, 0.717) is 5.69 Å². The lowest BCUT2D eigenvalue weighted by Crippen LogP contribution is -2.38. The van der Waals surface area contributed by atoms with Crippen LogP contribution < -0.4 is 5.73 Å². The van der Waals surface area contributed by atoms with E-state index in [2.05, 4.69) is 4.98 Å². The number of hydrogen-bond donors (Lipinski definition) is 2. The highest BCUT2D eigenvalue weighted by Crippen LogP contribution is 2.28. The van der Waals surface area contributed by atoms with Gasteiger partial charge in [0, 0.05) is 12.6 Å². The van der Waals surface area contributed by atoms with Gasteiger partial charge in [-0.15, -0.1) is 0 Å². The first-order chi connectivity index (χ1) is 7.80. The molecule has 0 atom stereocenters. The molecule has 0 radical (unpaired) electrons. The molecule has 0 aliphatic carbocycles. The lowest BCUT2D eigenvalue weighted by atomic mass is 10.4. The van der Waals surface area contributed by atoms with Crippen molar-refractivity contribution in [3.05, 3.63) is 5.69 Å². The van der Waals surface area contributed by atoms with Crippen LogP contribution in [0.5, 0.6) is 0 Å². The molecule has 6 nitrogen and oxygen atoms in total. The van der Waals surface area contributed by atoms with Crippen LogP contribution in [-0.2, 0) is 10.0 Å². The van der Waals surface area contributed by atoms with Crippen LogP contribution >= 0.6 is 11.3 Å². The second-order valence-corrected chi connectivity index (χ2v) is 6.97. The lowest BCUT2D eigenvalue weighted by molar-refractivity contribution is 0.236. The Labute approximate surface area is 105 Å². The standard InChI is InChI=1S/C9H17N3O3S2/c1-6(2)12(4-5-13)17(14,15)8-7(3)11-9(10)16-8/h6,13H,4-5H2,1-3H3,(H2,10,11). The first-order valence-corrected chi connectivity index (χ1v) is 7.42. The van der Waals surface area contributed by atoms with Crippen molar-refractivity contribution >= 4 is 26.5 Å². The Morgan fingerprint density at radius 2 is 2.12 bits per heavy atom. The number of nitrogens with zero attached hydrogens (tertiary/aromatic N) is 2. The molecule has 3 N–H and O–H groups in total. The van der Waals surface area contributed by atoms with Gasteiger partial charge in [0.05, 0.1) is 12.3 Å². The molecule has 0 spiro atoms. The third kappa shape index (κ3) is 2.95. The van der Waals surface area contributed by atoms with Crippen LogP contribution in [0.2, 0.25) is 0 Å². The predicted molar refractivity (Wildman–Crippen MR) is 67.4 cm³/mol. The number of aliphatic hydroxyl groups is 1. The van der Waals surface area contributed by atoms with E-state index < -0.39 is 10.0 Å². The van der Waals surface area contributed by atoms with E-state index in [1.54, 1.807) is 20.8 Å². The smallest absolute Gasteiger partial charge is 0.254 e. The number of aryl methyl sites for hydroxylation is 1. The molecule has 8 heteroatoms. The number of thiazole rings is 1. The van der Waals surface area contributed by atoms with Gasteiger partial charge in [0.2, 0.25) is 0 Å². The molecule has 1 aromatic rings. The monoisotopic (exact) mass is 279 g/mol. The molecule has 17 heavy (non-hydrogen) atoms. The summed E-state index contributed by atoms with van der Waals surface area (Å²) in [6.45, 7) is 4.97. The van der Waals surface area contributed by atoms with E-state index in [0.717, 1.165) is 11.3 Å². The van der Waals surface area contributed by atoms with Gasteiger partial charge in [-0.05, 0) is 20.8 Å². The van der Waals surface area contributed by atoms with Crippen molar-refractivity contribution in [3.63, 3.8) is 0 Å². The van der Waals surface area contributed by atoms with Crippen LogP contribution in [0, 0.1) is 6.92 Å². The molecular weight excluding hydrogens is 262 g/mol. The third-order valence-electron chi connectivity index (χ3n) is 2.21. The first-order valence-electron chi connectivity index (χ1n) is 5.16. The van der Waals surface area contributed by atoms with Crippen molar-refractivity contribution in [2.75, 3.05) is 18.9 Å². The summed E-state index contributed by atoms with van der Waals surface area (Å²) >= 11 is 0.948. The van der Waals surface area contributed by atoms with Gasteiger partial charge in [-0.1, -0.05) is 11.3 Å². The summed E-state index contributed by atoms with van der Waals surface area (Å²) in [6, 6.07) is -0.227. The fourth-order valence-corrected chi connectivity index (χ4v) is 4.54. The van der Waals surface area contributed by atoms with E-state index in [-0.39, 0.29) is 28.5 Å². The van der Waals surface area contributed by atoms with Gasteiger partial charge in [-0.2, -0.15) is 4.31 Å². The van der Waals surface area contributed by atoms with Crippen molar-refractivity contribution in [1.29, 1.82) is 0 Å². The summed E-state index contributed by atoms with van der Waals surface area (Å²) in [4.78, 5) is 3.91. The zero-order valence-electron chi connectivity index (χ0n) is 10.0. The van der Waals surface area contributed by atoms with E-state index in [4.69, 9.17) is 10.8 Å². The SMILES string of the molecule is Cc1nc(N)sc1S(=O)(=O)N(CCO)C(C)C. The van der Waals surface area contributed by atoms with Crippen LogP contribution in [0.15, 0.2) is 4.21 Å². The molecule has 1 aromatic heterocycles. The number of anilines is 1. The Kier molecular flexibility index (Phi) is 4.48. The number of aromatic nitrogens is 1. The highest BCUT2D eigenvalue weighted by molar-refractivity contribution is 7.91. The highest BCUT2D eigenvalue weighted by Gasteiger charge is 2.30. The molecule has 0 bridgehead atoms. The van der Waals surface area contributed by atoms with Gasteiger partial charge in [0.25, 0.3) is 10.0 Å².